The molecule has 0 N–H and O–H groups in total. The van der Waals surface area contributed by atoms with Gasteiger partial charge in [0.05, 0.1) is 7.11 Å². The molecule has 0 saturated heterocycles. The van der Waals surface area contributed by atoms with E-state index < -0.39 is 17.8 Å². The van der Waals surface area contributed by atoms with Gasteiger partial charge in [0.2, 0.25) is 0 Å². The summed E-state index contributed by atoms with van der Waals surface area (Å²) in [4.78, 5) is 23.3. The van der Waals surface area contributed by atoms with Crippen molar-refractivity contribution in [1.29, 1.82) is 0 Å². The molecule has 25 heavy (non-hydrogen) atoms. The van der Waals surface area contributed by atoms with Gasteiger partial charge in [0.15, 0.2) is 11.6 Å². The van der Waals surface area contributed by atoms with Crippen LogP contribution < -0.4 is 9.47 Å². The Morgan fingerprint density at radius 2 is 1.64 bits per heavy atom. The predicted octanol–water partition coefficient (Wildman–Crippen LogP) is 3.65. The highest BCUT2D eigenvalue weighted by molar-refractivity contribution is 5.74. The first-order chi connectivity index (χ1) is 12.1. The fraction of sp³-hybridized carbons (Fsp3) is 0.263. The van der Waals surface area contributed by atoms with E-state index in [-0.39, 0.29) is 31.6 Å². The van der Waals surface area contributed by atoms with E-state index in [0.29, 0.717) is 0 Å². The Bertz CT molecular complexity index is 712. The summed E-state index contributed by atoms with van der Waals surface area (Å²) >= 11 is 0. The molecule has 2 aromatic rings. The molecule has 0 aliphatic heterocycles. The molecule has 6 heteroatoms. The number of carbonyl (C=O) groups is 2. The Morgan fingerprint density at radius 1 is 0.960 bits per heavy atom. The van der Waals surface area contributed by atoms with E-state index in [0.717, 1.165) is 11.3 Å². The molecule has 5 nitrogen and oxygen atoms in total. The minimum atomic E-state index is -0.602. The van der Waals surface area contributed by atoms with Crippen LogP contribution in [0.4, 0.5) is 4.39 Å². The third kappa shape index (κ3) is 6.25. The predicted molar refractivity (Wildman–Crippen MR) is 88.7 cm³/mol. The van der Waals surface area contributed by atoms with Gasteiger partial charge in [-0.05, 0) is 36.2 Å². The van der Waals surface area contributed by atoms with E-state index in [9.17, 15) is 14.0 Å². The Kier molecular flexibility index (Phi) is 6.95. The molecule has 0 saturated carbocycles. The lowest BCUT2D eigenvalue weighted by Gasteiger charge is -2.07. The number of methoxy groups -OCH3 is 1. The number of hydrogen-bond acceptors (Lipinski definition) is 5. The Labute approximate surface area is 145 Å². The second kappa shape index (κ2) is 9.42. The monoisotopic (exact) mass is 346 g/mol. The summed E-state index contributed by atoms with van der Waals surface area (Å²) in [5.41, 5.74) is 0.841. The van der Waals surface area contributed by atoms with Crippen molar-refractivity contribution in [2.75, 3.05) is 7.11 Å². The van der Waals surface area contributed by atoms with Crippen LogP contribution in [-0.2, 0) is 20.9 Å². The molecule has 0 spiro atoms. The first-order valence-electron chi connectivity index (χ1n) is 7.82. The summed E-state index contributed by atoms with van der Waals surface area (Å²) in [6, 6.07) is 12.8. The van der Waals surface area contributed by atoms with Gasteiger partial charge >= 0.3 is 11.9 Å². The summed E-state index contributed by atoms with van der Waals surface area (Å²) in [5, 5.41) is 0. The van der Waals surface area contributed by atoms with Crippen LogP contribution in [-0.4, -0.2) is 19.0 Å². The zero-order valence-electron chi connectivity index (χ0n) is 13.9. The molecule has 0 fully saturated rings. The standard InChI is InChI=1S/C19H19FO5/c1-23-15-11-9-14(10-12-15)13-24-18(21)7-4-8-19(22)25-17-6-3-2-5-16(17)20/h2-3,5-6,9-12H,4,7-8,13H2,1H3. The van der Waals surface area contributed by atoms with Gasteiger partial charge in [0.1, 0.15) is 12.4 Å². The minimum absolute atomic E-state index is 0.00592. The Morgan fingerprint density at radius 3 is 2.32 bits per heavy atom. The Hall–Kier alpha value is -2.89. The maximum Gasteiger partial charge on any atom is 0.311 e. The summed E-state index contributed by atoms with van der Waals surface area (Å²) in [6.07, 6.45) is 0.364. The van der Waals surface area contributed by atoms with E-state index in [4.69, 9.17) is 14.2 Å². The zero-order chi connectivity index (χ0) is 18.1. The van der Waals surface area contributed by atoms with Gasteiger partial charge < -0.3 is 14.2 Å². The molecular formula is C19H19FO5. The van der Waals surface area contributed by atoms with Crippen molar-refractivity contribution in [2.45, 2.75) is 25.9 Å². The van der Waals surface area contributed by atoms with Crippen LogP contribution in [0.15, 0.2) is 48.5 Å². The van der Waals surface area contributed by atoms with Crippen molar-refractivity contribution in [1.82, 2.24) is 0 Å². The fourth-order valence-electron chi connectivity index (χ4n) is 2.04. The maximum absolute atomic E-state index is 13.4. The van der Waals surface area contributed by atoms with Crippen LogP contribution in [0, 0.1) is 5.82 Å². The normalized spacial score (nSPS) is 10.2. The highest BCUT2D eigenvalue weighted by Crippen LogP contribution is 2.16. The maximum atomic E-state index is 13.4. The average Bonchev–Trinajstić information content (AvgIpc) is 2.62. The summed E-state index contributed by atoms with van der Waals surface area (Å²) in [6.45, 7) is 0.155. The second-order valence-corrected chi connectivity index (χ2v) is 5.27. The number of halogens is 1. The molecule has 0 bridgehead atoms. The number of para-hydroxylation sites is 1. The number of carbonyl (C=O) groups excluding carboxylic acids is 2. The molecule has 0 aliphatic carbocycles. The number of rotatable bonds is 8. The second-order valence-electron chi connectivity index (χ2n) is 5.27. The third-order valence-corrected chi connectivity index (χ3v) is 3.38. The molecular weight excluding hydrogens is 327 g/mol. The molecule has 0 aliphatic rings. The summed E-state index contributed by atoms with van der Waals surface area (Å²) < 4.78 is 28.4. The van der Waals surface area contributed by atoms with Crippen LogP contribution in [0.2, 0.25) is 0 Å². The van der Waals surface area contributed by atoms with E-state index in [1.54, 1.807) is 37.4 Å². The SMILES string of the molecule is COc1ccc(COC(=O)CCCC(=O)Oc2ccccc2F)cc1. The largest absolute Gasteiger partial charge is 0.497 e. The minimum Gasteiger partial charge on any atom is -0.497 e. The molecule has 2 aromatic carbocycles. The summed E-state index contributed by atoms with van der Waals surface area (Å²) in [5.74, 6) is -0.990. The quantitative estimate of drug-likeness (QED) is 0.539. The van der Waals surface area contributed by atoms with Gasteiger partial charge in [-0.15, -0.1) is 0 Å². The van der Waals surface area contributed by atoms with E-state index in [2.05, 4.69) is 0 Å². The Balaban J connectivity index is 1.66. The van der Waals surface area contributed by atoms with Gasteiger partial charge in [-0.3, -0.25) is 9.59 Å². The summed E-state index contributed by atoms with van der Waals surface area (Å²) in [7, 11) is 1.58. The van der Waals surface area contributed by atoms with Gasteiger partial charge in [-0.25, -0.2) is 4.39 Å². The first kappa shape index (κ1) is 18.4. The lowest BCUT2D eigenvalue weighted by molar-refractivity contribution is -0.145. The molecule has 0 amide bonds. The van der Waals surface area contributed by atoms with Crippen molar-refractivity contribution in [3.8, 4) is 11.5 Å². The third-order valence-electron chi connectivity index (χ3n) is 3.38. The van der Waals surface area contributed by atoms with Gasteiger partial charge in [0, 0.05) is 12.8 Å². The molecule has 0 unspecified atom stereocenters. The van der Waals surface area contributed by atoms with Crippen LogP contribution in [0.25, 0.3) is 0 Å². The molecule has 0 radical (unpaired) electrons. The first-order valence-corrected chi connectivity index (χ1v) is 7.82. The van der Waals surface area contributed by atoms with Crippen LogP contribution >= 0.6 is 0 Å². The van der Waals surface area contributed by atoms with Gasteiger partial charge in [-0.2, -0.15) is 0 Å². The van der Waals surface area contributed by atoms with Crippen molar-refractivity contribution >= 4 is 11.9 Å². The lowest BCUT2D eigenvalue weighted by Crippen LogP contribution is -2.10. The van der Waals surface area contributed by atoms with Crippen LogP contribution in [0.5, 0.6) is 11.5 Å². The fourth-order valence-corrected chi connectivity index (χ4v) is 2.04. The highest BCUT2D eigenvalue weighted by atomic mass is 19.1. The topological polar surface area (TPSA) is 61.8 Å². The van der Waals surface area contributed by atoms with E-state index in [1.165, 1.54) is 18.2 Å². The van der Waals surface area contributed by atoms with E-state index in [1.807, 2.05) is 0 Å². The average molecular weight is 346 g/mol. The lowest BCUT2D eigenvalue weighted by atomic mass is 10.2. The number of benzene rings is 2. The molecule has 2 rings (SSSR count). The zero-order valence-corrected chi connectivity index (χ0v) is 13.9. The molecule has 0 atom stereocenters. The molecule has 0 aromatic heterocycles. The van der Waals surface area contributed by atoms with Crippen LogP contribution in [0.1, 0.15) is 24.8 Å². The number of ether oxygens (including phenoxy) is 3. The van der Waals surface area contributed by atoms with Crippen molar-refractivity contribution in [3.05, 3.63) is 59.9 Å². The van der Waals surface area contributed by atoms with Crippen molar-refractivity contribution in [3.63, 3.8) is 0 Å². The molecule has 132 valence electrons. The van der Waals surface area contributed by atoms with Crippen LogP contribution in [0.3, 0.4) is 0 Å². The highest BCUT2D eigenvalue weighted by Gasteiger charge is 2.10. The number of esters is 2. The smallest absolute Gasteiger partial charge is 0.311 e. The molecule has 0 heterocycles. The van der Waals surface area contributed by atoms with E-state index >= 15 is 0 Å². The van der Waals surface area contributed by atoms with Gasteiger partial charge in [-0.1, -0.05) is 24.3 Å². The van der Waals surface area contributed by atoms with Crippen molar-refractivity contribution < 1.29 is 28.2 Å². The number of hydrogen-bond donors (Lipinski definition) is 0. The van der Waals surface area contributed by atoms with Crippen molar-refractivity contribution in [2.24, 2.45) is 0 Å². The van der Waals surface area contributed by atoms with Gasteiger partial charge in [0.25, 0.3) is 0 Å².